The predicted molar refractivity (Wildman–Crippen MR) is 155 cm³/mol. The number of allylic oxidation sites excluding steroid dienone is 3. The van der Waals surface area contributed by atoms with Crippen LogP contribution >= 0.6 is 11.6 Å². The fourth-order valence-corrected chi connectivity index (χ4v) is 5.98. The number of halogens is 2. The third-order valence-corrected chi connectivity index (χ3v) is 8.01. The van der Waals surface area contributed by atoms with Crippen LogP contribution in [0.3, 0.4) is 0 Å². The molecule has 0 amide bonds. The van der Waals surface area contributed by atoms with E-state index in [9.17, 15) is 9.59 Å². The molecular formula is C33H31ClFNO5. The average molecular weight is 576 g/mol. The maximum atomic E-state index is 15.4. The lowest BCUT2D eigenvalue weighted by Gasteiger charge is -2.37. The van der Waals surface area contributed by atoms with Gasteiger partial charge in [0.05, 0.1) is 32.3 Å². The van der Waals surface area contributed by atoms with Crippen molar-refractivity contribution in [1.82, 2.24) is 5.32 Å². The molecule has 0 bridgehead atoms. The Hall–Kier alpha value is -4.10. The summed E-state index contributed by atoms with van der Waals surface area (Å²) in [5.41, 5.74) is 3.70. The van der Waals surface area contributed by atoms with Gasteiger partial charge in [0.15, 0.2) is 17.3 Å². The van der Waals surface area contributed by atoms with Crippen LogP contribution in [0.2, 0.25) is 5.02 Å². The van der Waals surface area contributed by atoms with E-state index in [0.717, 1.165) is 11.1 Å². The molecule has 2 unspecified atom stereocenters. The number of ether oxygens (including phenoxy) is 3. The molecule has 0 fully saturated rings. The first kappa shape index (κ1) is 28.4. The minimum absolute atomic E-state index is 0.0930. The molecule has 8 heteroatoms. The normalized spacial score (nSPS) is 18.5. The molecule has 2 atom stereocenters. The van der Waals surface area contributed by atoms with Gasteiger partial charge in [0.1, 0.15) is 5.82 Å². The number of methoxy groups -OCH3 is 2. The van der Waals surface area contributed by atoms with E-state index in [2.05, 4.69) is 5.32 Å². The molecule has 0 spiro atoms. The van der Waals surface area contributed by atoms with E-state index in [4.69, 9.17) is 25.8 Å². The van der Waals surface area contributed by atoms with Gasteiger partial charge in [-0.15, -0.1) is 0 Å². The van der Waals surface area contributed by atoms with Crippen LogP contribution in [0.4, 0.5) is 4.39 Å². The van der Waals surface area contributed by atoms with Crippen molar-refractivity contribution >= 4 is 23.4 Å². The summed E-state index contributed by atoms with van der Waals surface area (Å²) in [6.07, 6.45) is 1.18. The fraction of sp³-hybridized carbons (Fsp3) is 0.273. The number of ketones is 1. The van der Waals surface area contributed by atoms with Gasteiger partial charge in [0.2, 0.25) is 0 Å². The standard InChI is InChI=1S/C33H31ClFNO5/c1-19-29(33(38)41-15-14-20-8-5-4-6-9-20)32(30-23(34)10-7-11-24(30)35)31-25(36-19)16-22(17-26(31)37)21-12-13-27(39-2)28(18-21)40-3/h4-13,18,22,32,36H,14-17H2,1-3H3. The van der Waals surface area contributed by atoms with E-state index in [1.54, 1.807) is 27.2 Å². The Morgan fingerprint density at radius 3 is 2.46 bits per heavy atom. The number of Topliss-reactive ketones (excluding diaryl/α,β-unsaturated/α-hetero) is 1. The first-order chi connectivity index (χ1) is 19.8. The van der Waals surface area contributed by atoms with Crippen LogP contribution in [0.1, 0.15) is 48.3 Å². The molecule has 41 heavy (non-hydrogen) atoms. The molecule has 3 aromatic carbocycles. The molecule has 6 nitrogen and oxygen atoms in total. The number of rotatable bonds is 8. The second-order valence-corrected chi connectivity index (χ2v) is 10.5. The number of carbonyl (C=O) groups excluding carboxylic acids is 2. The van der Waals surface area contributed by atoms with Crippen molar-refractivity contribution in [3.05, 3.63) is 117 Å². The van der Waals surface area contributed by atoms with Crippen molar-refractivity contribution in [2.24, 2.45) is 0 Å². The van der Waals surface area contributed by atoms with E-state index < -0.39 is 17.7 Å². The molecule has 2 aliphatic rings. The van der Waals surface area contributed by atoms with E-state index in [0.29, 0.717) is 41.3 Å². The second-order valence-electron chi connectivity index (χ2n) is 10.1. The summed E-state index contributed by atoms with van der Waals surface area (Å²) < 4.78 is 31.9. The summed E-state index contributed by atoms with van der Waals surface area (Å²) in [4.78, 5) is 27.4. The highest BCUT2D eigenvalue weighted by Crippen LogP contribution is 2.48. The van der Waals surface area contributed by atoms with Gasteiger partial charge in [0.25, 0.3) is 0 Å². The summed E-state index contributed by atoms with van der Waals surface area (Å²) in [5.74, 6) is -1.38. The van der Waals surface area contributed by atoms with Crippen LogP contribution in [-0.4, -0.2) is 32.6 Å². The SMILES string of the molecule is COc1ccc(C2CC(=O)C3=C(C2)NC(C)=C(C(=O)OCCc2ccccc2)C3c2c(F)cccc2Cl)cc1OC. The number of dihydropyridines is 1. The average Bonchev–Trinajstić information content (AvgIpc) is 2.96. The van der Waals surface area contributed by atoms with E-state index in [-0.39, 0.29) is 40.9 Å². The molecule has 212 valence electrons. The summed E-state index contributed by atoms with van der Waals surface area (Å²) in [6, 6.07) is 19.6. The summed E-state index contributed by atoms with van der Waals surface area (Å²) in [6.45, 7) is 1.88. The van der Waals surface area contributed by atoms with Gasteiger partial charge in [-0.2, -0.15) is 0 Å². The topological polar surface area (TPSA) is 73.9 Å². The van der Waals surface area contributed by atoms with E-state index >= 15 is 4.39 Å². The van der Waals surface area contributed by atoms with Crippen LogP contribution in [0.15, 0.2) is 89.3 Å². The maximum absolute atomic E-state index is 15.4. The van der Waals surface area contributed by atoms with Crippen LogP contribution in [0, 0.1) is 5.82 Å². The molecular weight excluding hydrogens is 545 g/mol. The first-order valence-electron chi connectivity index (χ1n) is 13.4. The third-order valence-electron chi connectivity index (χ3n) is 7.68. The van der Waals surface area contributed by atoms with Crippen LogP contribution < -0.4 is 14.8 Å². The molecule has 0 radical (unpaired) electrons. The van der Waals surface area contributed by atoms with Gasteiger partial charge >= 0.3 is 5.97 Å². The van der Waals surface area contributed by atoms with Crippen molar-refractivity contribution in [3.8, 4) is 11.5 Å². The lowest BCUT2D eigenvalue weighted by atomic mass is 9.71. The van der Waals surface area contributed by atoms with Crippen LogP contribution in [0.25, 0.3) is 0 Å². The van der Waals surface area contributed by atoms with E-state index in [1.807, 2.05) is 48.5 Å². The number of hydrogen-bond acceptors (Lipinski definition) is 6. The highest BCUT2D eigenvalue weighted by molar-refractivity contribution is 6.31. The number of esters is 1. The second kappa shape index (κ2) is 12.2. The van der Waals surface area contributed by atoms with Crippen molar-refractivity contribution in [2.45, 2.75) is 38.0 Å². The lowest BCUT2D eigenvalue weighted by molar-refractivity contribution is -0.139. The lowest BCUT2D eigenvalue weighted by Crippen LogP contribution is -2.36. The molecule has 0 aromatic heterocycles. The van der Waals surface area contributed by atoms with Gasteiger partial charge in [-0.05, 0) is 54.7 Å². The summed E-state index contributed by atoms with van der Waals surface area (Å²) in [5, 5.41) is 3.43. The zero-order valence-electron chi connectivity index (χ0n) is 23.1. The number of hydrogen-bond donors (Lipinski definition) is 1. The van der Waals surface area contributed by atoms with Crippen molar-refractivity contribution in [2.75, 3.05) is 20.8 Å². The van der Waals surface area contributed by atoms with Crippen LogP contribution in [0.5, 0.6) is 11.5 Å². The Balaban J connectivity index is 1.50. The highest BCUT2D eigenvalue weighted by atomic mass is 35.5. The Morgan fingerprint density at radius 2 is 1.76 bits per heavy atom. The quantitative estimate of drug-likeness (QED) is 0.303. The minimum atomic E-state index is -0.997. The molecule has 1 aliphatic carbocycles. The maximum Gasteiger partial charge on any atom is 0.336 e. The Morgan fingerprint density at radius 1 is 1.00 bits per heavy atom. The van der Waals surface area contributed by atoms with Crippen molar-refractivity contribution < 1.29 is 28.2 Å². The zero-order valence-corrected chi connectivity index (χ0v) is 23.9. The predicted octanol–water partition coefficient (Wildman–Crippen LogP) is 6.64. The Kier molecular flexibility index (Phi) is 8.45. The van der Waals surface area contributed by atoms with E-state index in [1.165, 1.54) is 12.1 Å². The Bertz CT molecular complexity index is 1530. The number of carbonyl (C=O) groups is 2. The van der Waals surface area contributed by atoms with Gasteiger partial charge in [0, 0.05) is 40.4 Å². The van der Waals surface area contributed by atoms with Gasteiger partial charge in [-0.1, -0.05) is 54.1 Å². The fourth-order valence-electron chi connectivity index (χ4n) is 5.71. The molecule has 1 aliphatic heterocycles. The molecule has 3 aromatic rings. The van der Waals surface area contributed by atoms with Crippen LogP contribution in [-0.2, 0) is 20.7 Å². The summed E-state index contributed by atoms with van der Waals surface area (Å²) >= 11 is 6.54. The Labute approximate surface area is 243 Å². The van der Waals surface area contributed by atoms with Gasteiger partial charge < -0.3 is 19.5 Å². The molecule has 0 saturated carbocycles. The minimum Gasteiger partial charge on any atom is -0.493 e. The summed E-state index contributed by atoms with van der Waals surface area (Å²) in [7, 11) is 3.13. The molecule has 1 N–H and O–H groups in total. The molecule has 1 heterocycles. The van der Waals surface area contributed by atoms with Gasteiger partial charge in [-0.25, -0.2) is 9.18 Å². The largest absolute Gasteiger partial charge is 0.493 e. The van der Waals surface area contributed by atoms with Gasteiger partial charge in [-0.3, -0.25) is 4.79 Å². The van der Waals surface area contributed by atoms with Crippen molar-refractivity contribution in [1.29, 1.82) is 0 Å². The highest BCUT2D eigenvalue weighted by Gasteiger charge is 2.43. The molecule has 0 saturated heterocycles. The zero-order chi connectivity index (χ0) is 29.1. The third kappa shape index (κ3) is 5.72. The first-order valence-corrected chi connectivity index (χ1v) is 13.8. The number of benzene rings is 3. The smallest absolute Gasteiger partial charge is 0.336 e. The van der Waals surface area contributed by atoms with Crippen molar-refractivity contribution in [3.63, 3.8) is 0 Å². The monoisotopic (exact) mass is 575 g/mol. The molecule has 5 rings (SSSR count). The number of nitrogens with one attached hydrogen (secondary N) is 1.